The van der Waals surface area contributed by atoms with Gasteiger partial charge in [0.05, 0.1) is 0 Å². The molecule has 2 aliphatic rings. The summed E-state index contributed by atoms with van der Waals surface area (Å²) < 4.78 is 23.9. The largest absolute Gasteiger partial charge is 0.480 e. The second kappa shape index (κ2) is 5.99. The average Bonchev–Trinajstić information content (AvgIpc) is 2.47. The lowest BCUT2D eigenvalue weighted by atomic mass is 9.89. The summed E-state index contributed by atoms with van der Waals surface area (Å²) >= 11 is 0. The third kappa shape index (κ3) is 2.58. The number of carbonyl (C=O) groups is 1. The molecule has 116 valence electrons. The number of nitrogens with one attached hydrogen (secondary N) is 1. The lowest BCUT2D eigenvalue weighted by Crippen LogP contribution is -2.59. The first-order chi connectivity index (χ1) is 9.42. The highest BCUT2D eigenvalue weighted by Crippen LogP contribution is 2.36. The summed E-state index contributed by atoms with van der Waals surface area (Å²) in [7, 11) is -3.88. The Hall–Kier alpha value is -0.660. The van der Waals surface area contributed by atoms with Gasteiger partial charge in [-0.2, -0.15) is 0 Å². The quantitative estimate of drug-likeness (QED) is 0.696. The first-order valence-corrected chi connectivity index (χ1v) is 8.89. The Morgan fingerprint density at radius 2 is 1.75 bits per heavy atom. The van der Waals surface area contributed by atoms with Crippen molar-refractivity contribution in [2.45, 2.75) is 55.1 Å². The number of carboxylic acid groups (broad SMARTS) is 1. The topological polar surface area (TPSA) is 109 Å². The van der Waals surface area contributed by atoms with Gasteiger partial charge in [-0.15, -0.1) is 0 Å². The van der Waals surface area contributed by atoms with E-state index in [0.29, 0.717) is 13.1 Å². The lowest BCUT2D eigenvalue weighted by molar-refractivity contribution is -0.140. The zero-order valence-corrected chi connectivity index (χ0v) is 12.5. The third-order valence-corrected chi connectivity index (χ3v) is 7.59. The van der Waals surface area contributed by atoms with Gasteiger partial charge in [0.25, 0.3) is 0 Å². The van der Waals surface area contributed by atoms with Crippen LogP contribution in [0.5, 0.6) is 0 Å². The van der Waals surface area contributed by atoms with Crippen molar-refractivity contribution in [2.75, 3.05) is 13.1 Å². The van der Waals surface area contributed by atoms with E-state index < -0.39 is 25.9 Å². The number of aliphatic carboxylic acids is 1. The molecule has 1 aliphatic carbocycles. The molecule has 1 aliphatic heterocycles. The van der Waals surface area contributed by atoms with E-state index in [9.17, 15) is 18.3 Å². The summed E-state index contributed by atoms with van der Waals surface area (Å²) in [6.07, 6.45) is 4.85. The van der Waals surface area contributed by atoms with Crippen LogP contribution < -0.4 is 11.1 Å². The second-order valence-corrected chi connectivity index (χ2v) is 8.37. The summed E-state index contributed by atoms with van der Waals surface area (Å²) in [4.78, 5) is 11.6. The van der Waals surface area contributed by atoms with Crippen LogP contribution in [-0.2, 0) is 14.6 Å². The van der Waals surface area contributed by atoms with Crippen LogP contribution in [0, 0.1) is 5.92 Å². The fourth-order valence-corrected chi connectivity index (χ4v) is 5.74. The second-order valence-electron chi connectivity index (χ2n) is 5.96. The van der Waals surface area contributed by atoms with E-state index in [4.69, 9.17) is 5.73 Å². The molecule has 1 saturated heterocycles. The molecule has 0 spiro atoms. The van der Waals surface area contributed by atoms with E-state index in [0.717, 1.165) is 32.1 Å². The highest BCUT2D eigenvalue weighted by molar-refractivity contribution is 7.94. The molecule has 20 heavy (non-hydrogen) atoms. The van der Waals surface area contributed by atoms with Crippen molar-refractivity contribution in [3.8, 4) is 0 Å². The van der Waals surface area contributed by atoms with E-state index in [2.05, 4.69) is 5.32 Å². The normalized spacial score (nSPS) is 26.1. The Morgan fingerprint density at radius 1 is 1.20 bits per heavy atom. The molecule has 0 aromatic rings. The lowest BCUT2D eigenvalue weighted by Gasteiger charge is -2.38. The molecule has 1 unspecified atom stereocenters. The number of nitrogens with two attached hydrogens (primary N) is 1. The van der Waals surface area contributed by atoms with Crippen molar-refractivity contribution in [3.63, 3.8) is 0 Å². The van der Waals surface area contributed by atoms with Crippen LogP contribution in [0.25, 0.3) is 0 Å². The van der Waals surface area contributed by atoms with Crippen LogP contribution in [0.2, 0.25) is 0 Å². The number of carboxylic acids is 1. The SMILES string of the molecule is NC(C1CCCCC1)S(=O)(=O)C1(C(=O)O)CCNCC1. The Balaban J connectivity index is 2.28. The van der Waals surface area contributed by atoms with Crippen LogP contribution >= 0.6 is 0 Å². The molecule has 1 saturated carbocycles. The van der Waals surface area contributed by atoms with Crippen molar-refractivity contribution in [3.05, 3.63) is 0 Å². The van der Waals surface area contributed by atoms with Gasteiger partial charge >= 0.3 is 5.97 Å². The Labute approximate surface area is 120 Å². The van der Waals surface area contributed by atoms with E-state index in [1.807, 2.05) is 0 Å². The Morgan fingerprint density at radius 3 is 2.25 bits per heavy atom. The maximum absolute atomic E-state index is 12.8. The van der Waals surface area contributed by atoms with Crippen LogP contribution in [0.15, 0.2) is 0 Å². The maximum atomic E-state index is 12.8. The number of piperidine rings is 1. The van der Waals surface area contributed by atoms with Gasteiger partial charge in [0.2, 0.25) is 0 Å². The molecule has 0 aromatic carbocycles. The van der Waals surface area contributed by atoms with Gasteiger partial charge in [0.15, 0.2) is 14.6 Å². The Kier molecular flexibility index (Phi) is 4.71. The van der Waals surface area contributed by atoms with Crippen molar-refractivity contribution in [1.29, 1.82) is 0 Å². The van der Waals surface area contributed by atoms with Gasteiger partial charge in [-0.25, -0.2) is 8.42 Å². The van der Waals surface area contributed by atoms with Gasteiger partial charge in [-0.05, 0) is 44.7 Å². The van der Waals surface area contributed by atoms with Gasteiger partial charge < -0.3 is 16.2 Å². The van der Waals surface area contributed by atoms with Crippen LogP contribution in [0.1, 0.15) is 44.9 Å². The van der Waals surface area contributed by atoms with Crippen LogP contribution in [0.3, 0.4) is 0 Å². The zero-order chi connectivity index (χ0) is 14.8. The maximum Gasteiger partial charge on any atom is 0.325 e. The number of sulfone groups is 1. The highest BCUT2D eigenvalue weighted by atomic mass is 32.2. The molecule has 0 radical (unpaired) electrons. The molecule has 2 rings (SSSR count). The fourth-order valence-electron chi connectivity index (χ4n) is 3.43. The summed E-state index contributed by atoms with van der Waals surface area (Å²) in [5, 5.41) is 11.5. The predicted molar refractivity (Wildman–Crippen MR) is 75.9 cm³/mol. The molecule has 1 heterocycles. The predicted octanol–water partition coefficient (Wildman–Crippen LogP) is 0.473. The van der Waals surface area contributed by atoms with E-state index in [1.54, 1.807) is 0 Å². The minimum Gasteiger partial charge on any atom is -0.480 e. The smallest absolute Gasteiger partial charge is 0.325 e. The zero-order valence-electron chi connectivity index (χ0n) is 11.7. The van der Waals surface area contributed by atoms with Crippen molar-refractivity contribution < 1.29 is 18.3 Å². The third-order valence-electron chi connectivity index (χ3n) is 4.82. The fraction of sp³-hybridized carbons (Fsp3) is 0.923. The molecule has 0 aromatic heterocycles. The minimum atomic E-state index is -3.88. The molecule has 0 amide bonds. The van der Waals surface area contributed by atoms with Crippen LogP contribution in [-0.4, -0.2) is 42.7 Å². The first kappa shape index (κ1) is 15.7. The molecular weight excluding hydrogens is 280 g/mol. The van der Waals surface area contributed by atoms with Crippen LogP contribution in [0.4, 0.5) is 0 Å². The highest BCUT2D eigenvalue weighted by Gasteiger charge is 2.54. The number of rotatable bonds is 4. The molecule has 1 atom stereocenters. The van der Waals surface area contributed by atoms with Crippen molar-refractivity contribution in [1.82, 2.24) is 5.32 Å². The minimum absolute atomic E-state index is 0.0974. The summed E-state index contributed by atoms with van der Waals surface area (Å²) in [5.41, 5.74) is 6.01. The monoisotopic (exact) mass is 304 g/mol. The van der Waals surface area contributed by atoms with Crippen molar-refractivity contribution >= 4 is 15.8 Å². The van der Waals surface area contributed by atoms with Gasteiger partial charge in [0.1, 0.15) is 5.37 Å². The average molecular weight is 304 g/mol. The molecule has 4 N–H and O–H groups in total. The van der Waals surface area contributed by atoms with Gasteiger partial charge in [0, 0.05) is 0 Å². The van der Waals surface area contributed by atoms with E-state index in [-0.39, 0.29) is 18.8 Å². The van der Waals surface area contributed by atoms with E-state index in [1.165, 1.54) is 0 Å². The van der Waals surface area contributed by atoms with Crippen molar-refractivity contribution in [2.24, 2.45) is 11.7 Å². The molecule has 7 heteroatoms. The van der Waals surface area contributed by atoms with Gasteiger partial charge in [-0.1, -0.05) is 19.3 Å². The summed E-state index contributed by atoms with van der Waals surface area (Å²) in [5.74, 6) is -1.34. The molecule has 0 bridgehead atoms. The molecule has 6 nitrogen and oxygen atoms in total. The Bertz CT molecular complexity index is 451. The summed E-state index contributed by atoms with van der Waals surface area (Å²) in [6, 6.07) is 0. The standard InChI is InChI=1S/C13H24N2O4S/c14-11(10-4-2-1-3-5-10)20(18,19)13(12(16)17)6-8-15-9-7-13/h10-11,15H,1-9,14H2,(H,16,17). The summed E-state index contributed by atoms with van der Waals surface area (Å²) in [6.45, 7) is 0.811. The van der Waals surface area contributed by atoms with E-state index >= 15 is 0 Å². The first-order valence-electron chi connectivity index (χ1n) is 7.35. The van der Waals surface area contributed by atoms with Gasteiger partial charge in [-0.3, -0.25) is 4.79 Å². The molecular formula is C13H24N2O4S. The number of hydrogen-bond donors (Lipinski definition) is 3. The number of hydrogen-bond acceptors (Lipinski definition) is 5. The molecule has 2 fully saturated rings.